The standard InChI is InChI=1S/C17H32N2O2/c1-4-17(21)8-5-9-19(13-17)16(20)12-15-6-10-18(11-7-15)14(2)3/h14-15,21H,4-13H2,1-3H3/t17-/m1/s1. The molecule has 2 aliphatic rings. The number of hydrogen-bond acceptors (Lipinski definition) is 3. The second-order valence-corrected chi connectivity index (χ2v) is 7.27. The van der Waals surface area contributed by atoms with Crippen molar-refractivity contribution in [1.82, 2.24) is 9.80 Å². The van der Waals surface area contributed by atoms with E-state index in [-0.39, 0.29) is 5.91 Å². The molecule has 0 radical (unpaired) electrons. The number of rotatable bonds is 4. The van der Waals surface area contributed by atoms with Crippen LogP contribution in [0.5, 0.6) is 0 Å². The zero-order chi connectivity index (χ0) is 15.5. The van der Waals surface area contributed by atoms with E-state index < -0.39 is 5.60 Å². The van der Waals surface area contributed by atoms with Crippen molar-refractivity contribution in [3.63, 3.8) is 0 Å². The fraction of sp³-hybridized carbons (Fsp3) is 0.941. The van der Waals surface area contributed by atoms with Gasteiger partial charge in [0.15, 0.2) is 0 Å². The Labute approximate surface area is 129 Å². The largest absolute Gasteiger partial charge is 0.388 e. The van der Waals surface area contributed by atoms with Gasteiger partial charge in [-0.2, -0.15) is 0 Å². The van der Waals surface area contributed by atoms with Gasteiger partial charge in [0.1, 0.15) is 0 Å². The number of likely N-dealkylation sites (tertiary alicyclic amines) is 2. The molecule has 4 heteroatoms. The lowest BCUT2D eigenvalue weighted by Crippen LogP contribution is -2.50. The van der Waals surface area contributed by atoms with E-state index in [4.69, 9.17) is 0 Å². The van der Waals surface area contributed by atoms with Gasteiger partial charge in [-0.25, -0.2) is 0 Å². The third-order valence-electron chi connectivity index (χ3n) is 5.41. The number of piperidine rings is 2. The average molecular weight is 296 g/mol. The van der Waals surface area contributed by atoms with Gasteiger partial charge >= 0.3 is 0 Å². The van der Waals surface area contributed by atoms with Crippen LogP contribution in [0.1, 0.15) is 59.3 Å². The zero-order valence-corrected chi connectivity index (χ0v) is 14.0. The first-order chi connectivity index (χ1) is 9.93. The molecule has 2 saturated heterocycles. The first-order valence-electron chi connectivity index (χ1n) is 8.68. The fourth-order valence-corrected chi connectivity index (χ4v) is 3.66. The summed E-state index contributed by atoms with van der Waals surface area (Å²) in [5, 5.41) is 10.4. The van der Waals surface area contributed by atoms with Crippen molar-refractivity contribution >= 4 is 5.91 Å². The molecular weight excluding hydrogens is 264 g/mol. The molecule has 2 fully saturated rings. The van der Waals surface area contributed by atoms with E-state index in [1.54, 1.807) is 0 Å². The van der Waals surface area contributed by atoms with E-state index in [1.165, 1.54) is 0 Å². The third-order valence-corrected chi connectivity index (χ3v) is 5.41. The molecule has 2 heterocycles. The molecule has 1 N–H and O–H groups in total. The summed E-state index contributed by atoms with van der Waals surface area (Å²) < 4.78 is 0. The van der Waals surface area contributed by atoms with Crippen molar-refractivity contribution in [2.75, 3.05) is 26.2 Å². The number of aliphatic hydroxyl groups is 1. The van der Waals surface area contributed by atoms with Crippen LogP contribution in [0.25, 0.3) is 0 Å². The molecule has 21 heavy (non-hydrogen) atoms. The van der Waals surface area contributed by atoms with E-state index in [0.29, 0.717) is 24.9 Å². The third kappa shape index (κ3) is 4.43. The van der Waals surface area contributed by atoms with Crippen molar-refractivity contribution in [1.29, 1.82) is 0 Å². The van der Waals surface area contributed by atoms with Gasteiger partial charge < -0.3 is 14.9 Å². The highest BCUT2D eigenvalue weighted by Crippen LogP contribution is 2.27. The highest BCUT2D eigenvalue weighted by Gasteiger charge is 2.34. The van der Waals surface area contributed by atoms with Crippen molar-refractivity contribution in [2.24, 2.45) is 5.92 Å². The minimum atomic E-state index is -0.644. The van der Waals surface area contributed by atoms with E-state index in [1.807, 2.05) is 11.8 Å². The topological polar surface area (TPSA) is 43.8 Å². The molecule has 2 aliphatic heterocycles. The summed E-state index contributed by atoms with van der Waals surface area (Å²) in [4.78, 5) is 16.9. The summed E-state index contributed by atoms with van der Waals surface area (Å²) in [6.07, 6.45) is 5.45. The molecule has 0 saturated carbocycles. The quantitative estimate of drug-likeness (QED) is 0.865. The molecule has 1 amide bonds. The molecule has 0 aromatic carbocycles. The van der Waals surface area contributed by atoms with Crippen LogP contribution in [0.3, 0.4) is 0 Å². The first-order valence-corrected chi connectivity index (χ1v) is 8.68. The second kappa shape index (κ2) is 7.10. The first kappa shape index (κ1) is 16.8. The molecule has 2 rings (SSSR count). The number of nitrogens with zero attached hydrogens (tertiary/aromatic N) is 2. The summed E-state index contributed by atoms with van der Waals surface area (Å²) in [6.45, 7) is 10.1. The molecule has 122 valence electrons. The lowest BCUT2D eigenvalue weighted by molar-refractivity contribution is -0.139. The molecule has 0 bridgehead atoms. The maximum atomic E-state index is 12.5. The van der Waals surface area contributed by atoms with Gasteiger partial charge in [-0.05, 0) is 65.0 Å². The summed E-state index contributed by atoms with van der Waals surface area (Å²) in [6, 6.07) is 0.614. The van der Waals surface area contributed by atoms with Crippen LogP contribution in [0, 0.1) is 5.92 Å². The Morgan fingerprint density at radius 2 is 1.95 bits per heavy atom. The summed E-state index contributed by atoms with van der Waals surface area (Å²) in [5.41, 5.74) is -0.644. The smallest absolute Gasteiger partial charge is 0.222 e. The van der Waals surface area contributed by atoms with Crippen molar-refractivity contribution in [3.05, 3.63) is 0 Å². The highest BCUT2D eigenvalue weighted by atomic mass is 16.3. The lowest BCUT2D eigenvalue weighted by atomic mass is 9.88. The van der Waals surface area contributed by atoms with Crippen LogP contribution in [0.4, 0.5) is 0 Å². The molecule has 0 aromatic rings. The van der Waals surface area contributed by atoms with E-state index in [9.17, 15) is 9.90 Å². The second-order valence-electron chi connectivity index (χ2n) is 7.27. The Morgan fingerprint density at radius 1 is 1.29 bits per heavy atom. The lowest BCUT2D eigenvalue weighted by Gasteiger charge is -2.40. The minimum absolute atomic E-state index is 0.254. The van der Waals surface area contributed by atoms with Crippen molar-refractivity contribution in [2.45, 2.75) is 70.9 Å². The highest BCUT2D eigenvalue weighted by molar-refractivity contribution is 5.76. The van der Waals surface area contributed by atoms with Crippen LogP contribution < -0.4 is 0 Å². The predicted molar refractivity (Wildman–Crippen MR) is 85.1 cm³/mol. The van der Waals surface area contributed by atoms with E-state index in [2.05, 4.69) is 18.7 Å². The predicted octanol–water partition coefficient (Wildman–Crippen LogP) is 2.26. The average Bonchev–Trinajstić information content (AvgIpc) is 2.48. The van der Waals surface area contributed by atoms with E-state index in [0.717, 1.165) is 51.7 Å². The van der Waals surface area contributed by atoms with Crippen LogP contribution in [0.15, 0.2) is 0 Å². The number of carbonyl (C=O) groups is 1. The Hall–Kier alpha value is -0.610. The van der Waals surface area contributed by atoms with Gasteiger partial charge in [0, 0.05) is 25.6 Å². The van der Waals surface area contributed by atoms with Crippen molar-refractivity contribution in [3.8, 4) is 0 Å². The number of hydrogen-bond donors (Lipinski definition) is 1. The van der Waals surface area contributed by atoms with Crippen LogP contribution in [0.2, 0.25) is 0 Å². The van der Waals surface area contributed by atoms with Gasteiger partial charge in [0.2, 0.25) is 5.91 Å². The fourth-order valence-electron chi connectivity index (χ4n) is 3.66. The summed E-state index contributed by atoms with van der Waals surface area (Å²) in [5.74, 6) is 0.786. The monoisotopic (exact) mass is 296 g/mol. The Kier molecular flexibility index (Phi) is 5.67. The Bertz CT molecular complexity index is 351. The summed E-state index contributed by atoms with van der Waals surface area (Å²) >= 11 is 0. The maximum absolute atomic E-state index is 12.5. The van der Waals surface area contributed by atoms with Crippen molar-refractivity contribution < 1.29 is 9.90 Å². The number of carbonyl (C=O) groups excluding carboxylic acids is 1. The van der Waals surface area contributed by atoms with Crippen LogP contribution >= 0.6 is 0 Å². The van der Waals surface area contributed by atoms with Crippen LogP contribution in [-0.4, -0.2) is 58.6 Å². The zero-order valence-electron chi connectivity index (χ0n) is 14.0. The van der Waals surface area contributed by atoms with Gasteiger partial charge in [0.05, 0.1) is 5.60 Å². The molecular formula is C17H32N2O2. The van der Waals surface area contributed by atoms with Gasteiger partial charge in [-0.1, -0.05) is 6.92 Å². The maximum Gasteiger partial charge on any atom is 0.222 e. The van der Waals surface area contributed by atoms with Gasteiger partial charge in [-0.15, -0.1) is 0 Å². The minimum Gasteiger partial charge on any atom is -0.388 e. The SMILES string of the molecule is CC[C@@]1(O)CCCN(C(=O)CC2CCN(C(C)C)CC2)C1. The molecule has 4 nitrogen and oxygen atoms in total. The Morgan fingerprint density at radius 3 is 2.52 bits per heavy atom. The molecule has 0 aromatic heterocycles. The number of β-amino-alcohol motifs (C(OH)–C–C–N with tert-alkyl or cyclic N) is 1. The van der Waals surface area contributed by atoms with Gasteiger partial charge in [0.25, 0.3) is 0 Å². The van der Waals surface area contributed by atoms with Crippen LogP contribution in [-0.2, 0) is 4.79 Å². The molecule has 1 atom stereocenters. The molecule has 0 spiro atoms. The summed E-state index contributed by atoms with van der Waals surface area (Å²) in [7, 11) is 0. The van der Waals surface area contributed by atoms with E-state index >= 15 is 0 Å². The molecule has 0 unspecified atom stereocenters. The van der Waals surface area contributed by atoms with Gasteiger partial charge in [-0.3, -0.25) is 4.79 Å². The molecule has 0 aliphatic carbocycles. The normalized spacial score (nSPS) is 29.1. The Balaban J connectivity index is 1.80. The number of amides is 1.